The molecule has 1 heterocycles. The molecule has 0 saturated carbocycles. The van der Waals surface area contributed by atoms with Crippen molar-refractivity contribution in [2.24, 2.45) is 0 Å². The van der Waals surface area contributed by atoms with Gasteiger partial charge in [-0.25, -0.2) is 9.78 Å². The molecule has 0 fully saturated rings. The fraction of sp³-hybridized carbons (Fsp3) is 0.333. The highest BCUT2D eigenvalue weighted by atomic mass is 127. The van der Waals surface area contributed by atoms with E-state index in [1.54, 1.807) is 22.6 Å². The lowest BCUT2D eigenvalue weighted by molar-refractivity contribution is -0.275. The van der Waals surface area contributed by atoms with Crippen molar-refractivity contribution >= 4 is 40.2 Å². The first kappa shape index (κ1) is 15.3. The second kappa shape index (κ2) is 5.91. The highest BCUT2D eigenvalue weighted by molar-refractivity contribution is 14.1. The Hall–Kier alpha value is -0.770. The van der Waals surface area contributed by atoms with Crippen LogP contribution in [0.25, 0.3) is 0 Å². The number of aromatic nitrogens is 1. The Labute approximate surface area is 119 Å². The fourth-order valence-corrected chi connectivity index (χ4v) is 2.17. The summed E-state index contributed by atoms with van der Waals surface area (Å²) in [7, 11) is 1.03. The molecule has 0 atom stereocenters. The predicted octanol–water partition coefficient (Wildman–Crippen LogP) is 3.11. The molecule has 0 aliphatic carbocycles. The minimum Gasteiger partial charge on any atom is -0.464 e. The predicted molar refractivity (Wildman–Crippen MR) is 64.5 cm³/mol. The number of hydrogen-bond acceptors (Lipinski definition) is 4. The molecule has 1 aromatic heterocycles. The van der Waals surface area contributed by atoms with Gasteiger partial charge in [-0.2, -0.15) is 0 Å². The summed E-state index contributed by atoms with van der Waals surface area (Å²) in [5.74, 6) is -2.01. The molecule has 1 aromatic rings. The van der Waals surface area contributed by atoms with Crippen molar-refractivity contribution < 1.29 is 27.4 Å². The summed E-state index contributed by atoms with van der Waals surface area (Å²) < 4.78 is 45.4. The van der Waals surface area contributed by atoms with E-state index in [-0.39, 0.29) is 11.4 Å². The van der Waals surface area contributed by atoms with Gasteiger partial charge in [-0.05, 0) is 22.6 Å². The highest BCUT2D eigenvalue weighted by Gasteiger charge is 2.35. The summed E-state index contributed by atoms with van der Waals surface area (Å²) in [5.41, 5.74) is -0.532. The van der Waals surface area contributed by atoms with Crippen LogP contribution in [0.1, 0.15) is 16.1 Å². The van der Waals surface area contributed by atoms with Gasteiger partial charge in [0.1, 0.15) is 0 Å². The fourth-order valence-electron chi connectivity index (χ4n) is 1.10. The number of pyridine rings is 1. The Morgan fingerprint density at radius 1 is 1.56 bits per heavy atom. The van der Waals surface area contributed by atoms with Gasteiger partial charge in [0.05, 0.1) is 13.0 Å². The second-order valence-corrected chi connectivity index (χ2v) is 4.36. The molecule has 4 nitrogen and oxygen atoms in total. The lowest BCUT2D eigenvalue weighted by Gasteiger charge is -2.15. The van der Waals surface area contributed by atoms with E-state index < -0.39 is 23.8 Å². The van der Waals surface area contributed by atoms with Crippen molar-refractivity contribution in [2.75, 3.05) is 7.11 Å². The standard InChI is InChI=1S/C9H6ClF3INO3/c1-17-8(16)6-7(18-9(11,12)13)4(2-10)5(14)3-15-6/h3H,2H2,1H3. The van der Waals surface area contributed by atoms with Crippen LogP contribution in [0.5, 0.6) is 5.75 Å². The number of methoxy groups -OCH3 is 1. The quantitative estimate of drug-likeness (QED) is 0.448. The maximum absolute atomic E-state index is 12.3. The number of rotatable bonds is 3. The number of ether oxygens (including phenoxy) is 2. The van der Waals surface area contributed by atoms with E-state index in [4.69, 9.17) is 11.6 Å². The first-order chi connectivity index (χ1) is 8.30. The Bertz CT molecular complexity index is 467. The number of nitrogens with zero attached hydrogens (tertiary/aromatic N) is 1. The monoisotopic (exact) mass is 395 g/mol. The maximum atomic E-state index is 12.3. The Morgan fingerprint density at radius 2 is 2.17 bits per heavy atom. The van der Waals surface area contributed by atoms with Gasteiger partial charge >= 0.3 is 12.3 Å². The summed E-state index contributed by atoms with van der Waals surface area (Å²) in [4.78, 5) is 14.9. The van der Waals surface area contributed by atoms with Gasteiger partial charge in [-0.1, -0.05) is 0 Å². The minimum atomic E-state index is -4.95. The van der Waals surface area contributed by atoms with Gasteiger partial charge in [0.2, 0.25) is 0 Å². The maximum Gasteiger partial charge on any atom is 0.573 e. The SMILES string of the molecule is COC(=O)c1ncc(I)c(CCl)c1OC(F)(F)F. The number of hydrogen-bond donors (Lipinski definition) is 0. The van der Waals surface area contributed by atoms with Crippen LogP contribution in [0, 0.1) is 3.57 Å². The highest BCUT2D eigenvalue weighted by Crippen LogP contribution is 2.33. The summed E-state index contributed by atoms with van der Waals surface area (Å²) in [6, 6.07) is 0. The van der Waals surface area contributed by atoms with Gasteiger partial charge in [0.25, 0.3) is 0 Å². The van der Waals surface area contributed by atoms with Crippen molar-refractivity contribution in [3.63, 3.8) is 0 Å². The molecule has 0 N–H and O–H groups in total. The molecule has 0 bridgehead atoms. The van der Waals surface area contributed by atoms with Gasteiger partial charge < -0.3 is 9.47 Å². The molecule has 0 aliphatic rings. The average molecular weight is 396 g/mol. The average Bonchev–Trinajstić information content (AvgIpc) is 2.26. The molecule has 0 aromatic carbocycles. The molecule has 0 spiro atoms. The van der Waals surface area contributed by atoms with E-state index in [1.807, 2.05) is 0 Å². The van der Waals surface area contributed by atoms with Crippen LogP contribution in [-0.4, -0.2) is 24.4 Å². The van der Waals surface area contributed by atoms with Crippen molar-refractivity contribution in [2.45, 2.75) is 12.2 Å². The third kappa shape index (κ3) is 3.61. The topological polar surface area (TPSA) is 48.4 Å². The summed E-state index contributed by atoms with van der Waals surface area (Å²) in [5, 5.41) is 0. The third-order valence-corrected chi connectivity index (χ3v) is 3.01. The Kier molecular flexibility index (Phi) is 5.02. The molecule has 0 radical (unpaired) electrons. The normalized spacial score (nSPS) is 11.2. The number of carbonyl (C=O) groups is 1. The van der Waals surface area contributed by atoms with Crippen LogP contribution in [0.4, 0.5) is 13.2 Å². The van der Waals surface area contributed by atoms with Crippen LogP contribution in [-0.2, 0) is 10.6 Å². The van der Waals surface area contributed by atoms with Crippen molar-refractivity contribution in [1.82, 2.24) is 4.98 Å². The number of esters is 1. The van der Waals surface area contributed by atoms with Gasteiger partial charge in [-0.3, -0.25) is 0 Å². The zero-order valence-corrected chi connectivity index (χ0v) is 11.8. The zero-order valence-electron chi connectivity index (χ0n) is 8.85. The molecule has 1 rings (SSSR count). The summed E-state index contributed by atoms with van der Waals surface area (Å²) in [6.45, 7) is 0. The molecule has 100 valence electrons. The number of alkyl halides is 4. The lowest BCUT2D eigenvalue weighted by atomic mass is 10.2. The van der Waals surface area contributed by atoms with Crippen molar-refractivity contribution in [1.29, 1.82) is 0 Å². The van der Waals surface area contributed by atoms with E-state index in [0.29, 0.717) is 3.57 Å². The zero-order chi connectivity index (χ0) is 13.9. The minimum absolute atomic E-state index is 0.0324. The number of halogens is 5. The second-order valence-electron chi connectivity index (χ2n) is 2.94. The lowest BCUT2D eigenvalue weighted by Crippen LogP contribution is -2.21. The molecular weight excluding hydrogens is 389 g/mol. The smallest absolute Gasteiger partial charge is 0.464 e. The van der Waals surface area contributed by atoms with Crippen LogP contribution in [0.3, 0.4) is 0 Å². The van der Waals surface area contributed by atoms with E-state index in [1.165, 1.54) is 6.20 Å². The number of carbonyl (C=O) groups excluding carboxylic acids is 1. The molecule has 0 unspecified atom stereocenters. The van der Waals surface area contributed by atoms with Gasteiger partial charge in [0, 0.05) is 15.3 Å². The van der Waals surface area contributed by atoms with Gasteiger partial charge in [-0.15, -0.1) is 24.8 Å². The van der Waals surface area contributed by atoms with Crippen LogP contribution >= 0.6 is 34.2 Å². The van der Waals surface area contributed by atoms with Crippen LogP contribution in [0.15, 0.2) is 6.20 Å². The summed E-state index contributed by atoms with van der Waals surface area (Å²) in [6.07, 6.45) is -3.73. The molecule has 9 heteroatoms. The Balaban J connectivity index is 3.39. The van der Waals surface area contributed by atoms with Crippen LogP contribution in [0.2, 0.25) is 0 Å². The van der Waals surface area contributed by atoms with E-state index in [0.717, 1.165) is 7.11 Å². The van der Waals surface area contributed by atoms with Crippen molar-refractivity contribution in [3.8, 4) is 5.75 Å². The summed E-state index contributed by atoms with van der Waals surface area (Å²) >= 11 is 7.30. The first-order valence-electron chi connectivity index (χ1n) is 4.37. The molecule has 18 heavy (non-hydrogen) atoms. The molecule has 0 saturated heterocycles. The molecular formula is C9H6ClF3INO3. The van der Waals surface area contributed by atoms with Crippen molar-refractivity contribution in [3.05, 3.63) is 21.0 Å². The molecule has 0 aliphatic heterocycles. The van der Waals surface area contributed by atoms with E-state index >= 15 is 0 Å². The first-order valence-corrected chi connectivity index (χ1v) is 5.99. The van der Waals surface area contributed by atoms with E-state index in [2.05, 4.69) is 14.5 Å². The third-order valence-electron chi connectivity index (χ3n) is 1.81. The largest absolute Gasteiger partial charge is 0.573 e. The van der Waals surface area contributed by atoms with Gasteiger partial charge in [0.15, 0.2) is 11.4 Å². The molecule has 0 amide bonds. The van der Waals surface area contributed by atoms with Crippen LogP contribution < -0.4 is 4.74 Å². The van der Waals surface area contributed by atoms with E-state index in [9.17, 15) is 18.0 Å². The Morgan fingerprint density at radius 3 is 2.61 bits per heavy atom.